The lowest BCUT2D eigenvalue weighted by molar-refractivity contribution is 0.300. The van der Waals surface area contributed by atoms with E-state index in [0.717, 1.165) is 29.9 Å². The molecule has 2 aromatic carbocycles. The van der Waals surface area contributed by atoms with E-state index in [9.17, 15) is 10.2 Å². The fourth-order valence-electron chi connectivity index (χ4n) is 4.85. The molecule has 0 aromatic heterocycles. The summed E-state index contributed by atoms with van der Waals surface area (Å²) in [4.78, 5) is 0. The fourth-order valence-corrected chi connectivity index (χ4v) is 4.85. The SMILES string of the molecule is CCC1(C)CCC(C)(C2CC2)c2ccc(O)cc2-c2cc(O)ccc21. The minimum absolute atomic E-state index is 0.0856. The van der Waals surface area contributed by atoms with E-state index >= 15 is 0 Å². The zero-order valence-corrected chi connectivity index (χ0v) is 15.5. The highest BCUT2D eigenvalue weighted by atomic mass is 16.3. The number of hydrogen-bond donors (Lipinski definition) is 2. The molecule has 0 saturated heterocycles. The molecule has 2 aromatic rings. The van der Waals surface area contributed by atoms with Gasteiger partial charge >= 0.3 is 0 Å². The predicted molar refractivity (Wildman–Crippen MR) is 102 cm³/mol. The van der Waals surface area contributed by atoms with Crippen LogP contribution in [-0.2, 0) is 10.8 Å². The largest absolute Gasteiger partial charge is 0.508 e. The van der Waals surface area contributed by atoms with Gasteiger partial charge in [0.25, 0.3) is 0 Å². The molecule has 2 nitrogen and oxygen atoms in total. The van der Waals surface area contributed by atoms with E-state index in [4.69, 9.17) is 0 Å². The lowest BCUT2D eigenvalue weighted by atomic mass is 9.63. The molecular weight excluding hydrogens is 308 g/mol. The number of hydrogen-bond acceptors (Lipinski definition) is 2. The van der Waals surface area contributed by atoms with E-state index in [1.54, 1.807) is 6.07 Å². The van der Waals surface area contributed by atoms with Crippen molar-refractivity contribution in [1.29, 1.82) is 0 Å². The van der Waals surface area contributed by atoms with Crippen molar-refractivity contribution >= 4 is 0 Å². The van der Waals surface area contributed by atoms with E-state index in [2.05, 4.69) is 32.9 Å². The zero-order chi connectivity index (χ0) is 17.8. The van der Waals surface area contributed by atoms with Crippen LogP contribution in [0.25, 0.3) is 11.1 Å². The maximum Gasteiger partial charge on any atom is 0.116 e. The van der Waals surface area contributed by atoms with Crippen LogP contribution in [0.3, 0.4) is 0 Å². The summed E-state index contributed by atoms with van der Waals surface area (Å²) in [6.45, 7) is 7.02. The van der Waals surface area contributed by atoms with Crippen molar-refractivity contribution in [2.24, 2.45) is 5.92 Å². The maximum atomic E-state index is 10.2. The van der Waals surface area contributed by atoms with Crippen molar-refractivity contribution in [3.8, 4) is 22.6 Å². The molecule has 1 saturated carbocycles. The second kappa shape index (κ2) is 5.52. The van der Waals surface area contributed by atoms with E-state index in [0.29, 0.717) is 11.5 Å². The molecule has 0 spiro atoms. The molecule has 2 atom stereocenters. The Balaban J connectivity index is 2.05. The van der Waals surface area contributed by atoms with Crippen molar-refractivity contribution in [2.45, 2.75) is 63.7 Å². The number of rotatable bonds is 2. The molecule has 2 unspecified atom stereocenters. The normalized spacial score (nSPS) is 28.6. The zero-order valence-electron chi connectivity index (χ0n) is 15.5. The third kappa shape index (κ3) is 2.54. The molecule has 1 fully saturated rings. The molecule has 0 heterocycles. The highest BCUT2D eigenvalue weighted by molar-refractivity contribution is 5.76. The van der Waals surface area contributed by atoms with Crippen LogP contribution in [0.1, 0.15) is 64.0 Å². The van der Waals surface area contributed by atoms with Crippen molar-refractivity contribution in [1.82, 2.24) is 0 Å². The molecule has 2 N–H and O–H groups in total. The fraction of sp³-hybridized carbons (Fsp3) is 0.478. The van der Waals surface area contributed by atoms with Crippen LogP contribution >= 0.6 is 0 Å². The van der Waals surface area contributed by atoms with Crippen LogP contribution in [0.2, 0.25) is 0 Å². The number of benzene rings is 2. The Morgan fingerprint density at radius 3 is 2.00 bits per heavy atom. The second-order valence-electron chi connectivity index (χ2n) is 8.57. The third-order valence-electron chi connectivity index (χ3n) is 7.02. The molecule has 0 bridgehead atoms. The highest BCUT2D eigenvalue weighted by Crippen LogP contribution is 2.56. The van der Waals surface area contributed by atoms with Crippen LogP contribution in [0, 0.1) is 5.92 Å². The van der Waals surface area contributed by atoms with E-state index in [1.807, 2.05) is 18.2 Å². The van der Waals surface area contributed by atoms with Crippen LogP contribution in [0.5, 0.6) is 11.5 Å². The molecule has 25 heavy (non-hydrogen) atoms. The first-order valence-electron chi connectivity index (χ1n) is 9.55. The summed E-state index contributed by atoms with van der Waals surface area (Å²) in [5.41, 5.74) is 5.03. The van der Waals surface area contributed by atoms with Crippen molar-refractivity contribution < 1.29 is 10.2 Å². The topological polar surface area (TPSA) is 40.5 Å². The Morgan fingerprint density at radius 1 is 0.880 bits per heavy atom. The minimum Gasteiger partial charge on any atom is -0.508 e. The average Bonchev–Trinajstić information content (AvgIpc) is 3.44. The van der Waals surface area contributed by atoms with Gasteiger partial charge in [-0.2, -0.15) is 0 Å². The van der Waals surface area contributed by atoms with Gasteiger partial charge in [-0.3, -0.25) is 0 Å². The van der Waals surface area contributed by atoms with E-state index in [1.165, 1.54) is 30.4 Å². The van der Waals surface area contributed by atoms with E-state index in [-0.39, 0.29) is 10.8 Å². The Bertz CT molecular complexity index is 821. The van der Waals surface area contributed by atoms with E-state index < -0.39 is 0 Å². The number of aromatic hydroxyl groups is 2. The van der Waals surface area contributed by atoms with Gasteiger partial charge in [0.05, 0.1) is 0 Å². The lowest BCUT2D eigenvalue weighted by Crippen LogP contribution is -2.33. The Labute approximate surface area is 150 Å². The van der Waals surface area contributed by atoms with Crippen molar-refractivity contribution in [2.75, 3.05) is 0 Å². The standard InChI is InChI=1S/C23H28O2/c1-4-22(2)11-12-23(3,15-5-6-15)21-10-8-17(25)14-19(21)18-13-16(24)7-9-20(18)22/h7-10,13-15,24-25H,4-6,11-12H2,1-3H3. The molecule has 0 amide bonds. The average molecular weight is 336 g/mol. The minimum atomic E-state index is 0.0856. The van der Waals surface area contributed by atoms with Gasteiger partial charge < -0.3 is 10.2 Å². The molecule has 132 valence electrons. The van der Waals surface area contributed by atoms with Gasteiger partial charge in [0, 0.05) is 0 Å². The number of fused-ring (bicyclic) bond motifs is 3. The predicted octanol–water partition coefficient (Wildman–Crippen LogP) is 5.89. The van der Waals surface area contributed by atoms with Crippen LogP contribution < -0.4 is 0 Å². The van der Waals surface area contributed by atoms with Gasteiger partial charge in [0.1, 0.15) is 11.5 Å². The van der Waals surface area contributed by atoms with Gasteiger partial charge in [-0.25, -0.2) is 0 Å². The smallest absolute Gasteiger partial charge is 0.116 e. The Kier molecular flexibility index (Phi) is 3.64. The lowest BCUT2D eigenvalue weighted by Gasteiger charge is -2.41. The van der Waals surface area contributed by atoms with Gasteiger partial charge in [-0.1, -0.05) is 32.9 Å². The molecule has 0 aliphatic heterocycles. The van der Waals surface area contributed by atoms with Gasteiger partial charge in [0.15, 0.2) is 0 Å². The molecule has 2 aliphatic rings. The van der Waals surface area contributed by atoms with Crippen LogP contribution in [-0.4, -0.2) is 10.2 Å². The molecule has 0 radical (unpaired) electrons. The molecule has 4 rings (SSSR count). The molecular formula is C23H28O2. The maximum absolute atomic E-state index is 10.2. The monoisotopic (exact) mass is 336 g/mol. The van der Waals surface area contributed by atoms with Gasteiger partial charge in [-0.05, 0) is 95.4 Å². The first-order valence-corrected chi connectivity index (χ1v) is 9.55. The molecule has 2 aliphatic carbocycles. The third-order valence-corrected chi connectivity index (χ3v) is 7.02. The highest BCUT2D eigenvalue weighted by Gasteiger charge is 2.46. The van der Waals surface area contributed by atoms with Gasteiger partial charge in [0.2, 0.25) is 0 Å². The van der Waals surface area contributed by atoms with Crippen molar-refractivity contribution in [3.05, 3.63) is 47.5 Å². The quantitative estimate of drug-likeness (QED) is 0.717. The summed E-state index contributed by atoms with van der Waals surface area (Å²) in [6, 6.07) is 11.6. The summed E-state index contributed by atoms with van der Waals surface area (Å²) in [6.07, 6.45) is 5.98. The van der Waals surface area contributed by atoms with Gasteiger partial charge in [-0.15, -0.1) is 0 Å². The summed E-state index contributed by atoms with van der Waals surface area (Å²) >= 11 is 0. The molecule has 2 heteroatoms. The Morgan fingerprint density at radius 2 is 1.44 bits per heavy atom. The summed E-state index contributed by atoms with van der Waals surface area (Å²) < 4.78 is 0. The van der Waals surface area contributed by atoms with Crippen molar-refractivity contribution in [3.63, 3.8) is 0 Å². The van der Waals surface area contributed by atoms with Crippen LogP contribution in [0.15, 0.2) is 36.4 Å². The first kappa shape index (κ1) is 16.5. The first-order chi connectivity index (χ1) is 11.9. The van der Waals surface area contributed by atoms with Crippen LogP contribution in [0.4, 0.5) is 0 Å². The summed E-state index contributed by atoms with van der Waals surface area (Å²) in [5.74, 6) is 1.32. The number of phenolic OH excluding ortho intramolecular Hbond substituents is 2. The summed E-state index contributed by atoms with van der Waals surface area (Å²) in [7, 11) is 0. The number of phenols is 2. The summed E-state index contributed by atoms with van der Waals surface area (Å²) in [5, 5.41) is 20.4. The Hall–Kier alpha value is -1.96. The second-order valence-corrected chi connectivity index (χ2v) is 8.57.